The molecule has 0 bridgehead atoms. The highest BCUT2D eigenvalue weighted by Gasteiger charge is 2.60. The molecule has 0 saturated heterocycles. The molecule has 5 rings (SSSR count). The zero-order valence-electron chi connectivity index (χ0n) is 17.2. The number of anilines is 1. The van der Waals surface area contributed by atoms with Crippen LogP contribution in [0.15, 0.2) is 90.0 Å². The summed E-state index contributed by atoms with van der Waals surface area (Å²) in [5.41, 5.74) is 1.18. The van der Waals surface area contributed by atoms with Crippen molar-refractivity contribution in [3.8, 4) is 0 Å². The molecule has 0 saturated carbocycles. The Morgan fingerprint density at radius 1 is 0.875 bits per heavy atom. The van der Waals surface area contributed by atoms with E-state index in [1.807, 2.05) is 12.1 Å². The highest BCUT2D eigenvalue weighted by Crippen LogP contribution is 2.49. The predicted octanol–water partition coefficient (Wildman–Crippen LogP) is 4.84. The van der Waals surface area contributed by atoms with Crippen molar-refractivity contribution >= 4 is 35.1 Å². The summed E-state index contributed by atoms with van der Waals surface area (Å²) >= 11 is 6.03. The van der Waals surface area contributed by atoms with Gasteiger partial charge in [-0.25, -0.2) is 9.69 Å². The lowest BCUT2D eigenvalue weighted by molar-refractivity contribution is -0.157. The number of fused-ring (bicyclic) bond motifs is 2. The lowest BCUT2D eigenvalue weighted by Crippen LogP contribution is -2.56. The number of hydrogen-bond acceptors (Lipinski definition) is 4. The molecule has 0 fully saturated rings. The molecule has 3 aromatic carbocycles. The Labute approximate surface area is 189 Å². The summed E-state index contributed by atoms with van der Waals surface area (Å²) in [6.07, 6.45) is 0.297. The van der Waals surface area contributed by atoms with Crippen molar-refractivity contribution in [1.29, 1.82) is 0 Å². The summed E-state index contributed by atoms with van der Waals surface area (Å²) in [4.78, 5) is 41.3. The van der Waals surface area contributed by atoms with E-state index < -0.39 is 23.4 Å². The monoisotopic (exact) mass is 443 g/mol. The van der Waals surface area contributed by atoms with Crippen molar-refractivity contribution in [1.82, 2.24) is 0 Å². The van der Waals surface area contributed by atoms with Gasteiger partial charge in [0.25, 0.3) is 11.8 Å². The van der Waals surface area contributed by atoms with E-state index in [1.165, 1.54) is 0 Å². The van der Waals surface area contributed by atoms with Crippen LogP contribution in [0, 0.1) is 0 Å². The lowest BCUT2D eigenvalue weighted by Gasteiger charge is -2.39. The Kier molecular flexibility index (Phi) is 4.72. The number of esters is 1. The molecule has 0 radical (unpaired) electrons. The third-order valence-electron chi connectivity index (χ3n) is 5.98. The lowest BCUT2D eigenvalue weighted by atomic mass is 9.76. The molecule has 1 unspecified atom stereocenters. The number of carbonyl (C=O) groups is 3. The van der Waals surface area contributed by atoms with E-state index in [9.17, 15) is 14.4 Å². The van der Waals surface area contributed by atoms with Gasteiger partial charge in [-0.05, 0) is 49.2 Å². The minimum atomic E-state index is -1.71. The van der Waals surface area contributed by atoms with Crippen LogP contribution in [0.1, 0.15) is 28.4 Å². The Hall–Kier alpha value is -3.70. The molecule has 158 valence electrons. The van der Waals surface area contributed by atoms with Crippen molar-refractivity contribution in [3.05, 3.63) is 112 Å². The van der Waals surface area contributed by atoms with E-state index in [0.717, 1.165) is 10.5 Å². The molecule has 2 aliphatic heterocycles. The van der Waals surface area contributed by atoms with Crippen molar-refractivity contribution in [2.24, 2.45) is 0 Å². The Morgan fingerprint density at radius 3 is 2.25 bits per heavy atom. The van der Waals surface area contributed by atoms with Gasteiger partial charge in [0.2, 0.25) is 5.60 Å². The molecular weight excluding hydrogens is 426 g/mol. The Bertz CT molecular complexity index is 1300. The van der Waals surface area contributed by atoms with Gasteiger partial charge in [0, 0.05) is 27.3 Å². The molecule has 2 aliphatic rings. The average molecular weight is 444 g/mol. The first-order chi connectivity index (χ1) is 15.4. The minimum Gasteiger partial charge on any atom is -0.436 e. The third kappa shape index (κ3) is 2.89. The molecule has 1 spiro atoms. The molecule has 32 heavy (non-hydrogen) atoms. The Morgan fingerprint density at radius 2 is 1.53 bits per heavy atom. The maximum Gasteiger partial charge on any atom is 0.335 e. The number of amides is 2. The van der Waals surface area contributed by atoms with Crippen LogP contribution >= 0.6 is 11.6 Å². The van der Waals surface area contributed by atoms with Crippen LogP contribution in [0.4, 0.5) is 5.69 Å². The van der Waals surface area contributed by atoms with Crippen LogP contribution in [0.5, 0.6) is 0 Å². The molecule has 2 heterocycles. The van der Waals surface area contributed by atoms with Gasteiger partial charge in [0.15, 0.2) is 0 Å². The molecule has 2 amide bonds. The molecule has 0 N–H and O–H groups in total. The van der Waals surface area contributed by atoms with Gasteiger partial charge in [0.1, 0.15) is 0 Å². The summed E-state index contributed by atoms with van der Waals surface area (Å²) in [6, 6.07) is 22.7. The quantitative estimate of drug-likeness (QED) is 0.429. The number of nitrogens with zero attached hydrogens (tertiary/aromatic N) is 1. The largest absolute Gasteiger partial charge is 0.436 e. The Balaban J connectivity index is 1.74. The molecule has 0 aromatic heterocycles. The van der Waals surface area contributed by atoms with E-state index in [-0.39, 0.29) is 0 Å². The van der Waals surface area contributed by atoms with Crippen molar-refractivity contribution < 1.29 is 19.1 Å². The molecule has 0 aliphatic carbocycles. The van der Waals surface area contributed by atoms with Gasteiger partial charge >= 0.3 is 5.97 Å². The fraction of sp³-hybridized carbons (Fsp3) is 0.115. The number of rotatable bonds is 3. The van der Waals surface area contributed by atoms with Gasteiger partial charge in [0.05, 0.1) is 5.69 Å². The van der Waals surface area contributed by atoms with Crippen molar-refractivity contribution in [2.75, 3.05) is 4.90 Å². The second kappa shape index (κ2) is 7.46. The van der Waals surface area contributed by atoms with Crippen LogP contribution in [0.3, 0.4) is 0 Å². The maximum absolute atomic E-state index is 14.0. The van der Waals surface area contributed by atoms with Crippen molar-refractivity contribution in [3.63, 3.8) is 0 Å². The molecule has 3 aromatic rings. The highest BCUT2D eigenvalue weighted by atomic mass is 35.5. The number of hydrogen-bond donors (Lipinski definition) is 0. The summed E-state index contributed by atoms with van der Waals surface area (Å²) in [6.45, 7) is 1.65. The van der Waals surface area contributed by atoms with Crippen LogP contribution < -0.4 is 4.90 Å². The van der Waals surface area contributed by atoms with Gasteiger partial charge in [-0.3, -0.25) is 9.59 Å². The number of imide groups is 1. The van der Waals surface area contributed by atoms with E-state index in [0.29, 0.717) is 39.4 Å². The van der Waals surface area contributed by atoms with Gasteiger partial charge < -0.3 is 4.74 Å². The van der Waals surface area contributed by atoms with E-state index in [2.05, 4.69) is 0 Å². The SMILES string of the molecule is CC1=C(Cc2ccc(Cl)cc2)C2(OC1=O)C(=O)N(c1ccccc1)C(=O)c1ccccc12. The van der Waals surface area contributed by atoms with E-state index in [4.69, 9.17) is 16.3 Å². The fourth-order valence-corrected chi connectivity index (χ4v) is 4.52. The van der Waals surface area contributed by atoms with E-state index in [1.54, 1.807) is 73.7 Å². The summed E-state index contributed by atoms with van der Waals surface area (Å²) in [5, 5.41) is 0.591. The number of benzene rings is 3. The zero-order chi connectivity index (χ0) is 22.5. The predicted molar refractivity (Wildman–Crippen MR) is 120 cm³/mol. The fourth-order valence-electron chi connectivity index (χ4n) is 4.39. The number of para-hydroxylation sites is 1. The first-order valence-electron chi connectivity index (χ1n) is 10.1. The van der Waals surface area contributed by atoms with Crippen LogP contribution in [0.25, 0.3) is 0 Å². The molecule has 1 atom stereocenters. The van der Waals surface area contributed by atoms with E-state index >= 15 is 0 Å². The smallest absolute Gasteiger partial charge is 0.335 e. The minimum absolute atomic E-state index is 0.297. The molecule has 5 nitrogen and oxygen atoms in total. The van der Waals surface area contributed by atoms with Crippen molar-refractivity contribution in [2.45, 2.75) is 18.9 Å². The normalized spacial score (nSPS) is 20.1. The second-order valence-electron chi connectivity index (χ2n) is 7.80. The summed E-state index contributed by atoms with van der Waals surface area (Å²) < 4.78 is 5.87. The topological polar surface area (TPSA) is 63.7 Å². The van der Waals surface area contributed by atoms with Gasteiger partial charge in [-0.15, -0.1) is 0 Å². The first-order valence-corrected chi connectivity index (χ1v) is 10.5. The van der Waals surface area contributed by atoms with Crippen LogP contribution in [-0.2, 0) is 26.3 Å². The molecule has 6 heteroatoms. The van der Waals surface area contributed by atoms with Crippen LogP contribution in [0.2, 0.25) is 5.02 Å². The number of ether oxygens (including phenoxy) is 1. The van der Waals surface area contributed by atoms with Crippen LogP contribution in [-0.4, -0.2) is 17.8 Å². The number of halogens is 1. The summed E-state index contributed by atoms with van der Waals surface area (Å²) in [7, 11) is 0. The molecular formula is C26H18ClNO4. The van der Waals surface area contributed by atoms with Gasteiger partial charge in [-0.1, -0.05) is 60.1 Å². The maximum atomic E-state index is 14.0. The summed E-state index contributed by atoms with van der Waals surface area (Å²) in [5.74, 6) is -1.62. The third-order valence-corrected chi connectivity index (χ3v) is 6.23. The zero-order valence-corrected chi connectivity index (χ0v) is 17.9. The first kappa shape index (κ1) is 20.2. The van der Waals surface area contributed by atoms with Gasteiger partial charge in [-0.2, -0.15) is 0 Å². The number of carbonyl (C=O) groups excluding carboxylic acids is 3. The second-order valence-corrected chi connectivity index (χ2v) is 8.24. The highest BCUT2D eigenvalue weighted by molar-refractivity contribution is 6.30. The average Bonchev–Trinajstić information content (AvgIpc) is 3.06. The standard InChI is InChI=1S/C26H18ClNO4/c1-16-22(15-17-11-13-18(27)14-12-17)26(32-24(16)30)21-10-6-5-9-20(21)23(29)28(25(26)31)19-7-3-2-4-8-19/h2-14H,15H2,1H3.